The molecule has 1 aromatic heterocycles. The van der Waals surface area contributed by atoms with Crippen LogP contribution in [0.1, 0.15) is 16.7 Å². The van der Waals surface area contributed by atoms with E-state index >= 15 is 0 Å². The van der Waals surface area contributed by atoms with Crippen LogP contribution in [0, 0.1) is 6.92 Å². The number of fused-ring (bicyclic) bond motifs is 1. The zero-order chi connectivity index (χ0) is 19.5. The number of pyridine rings is 1. The fraction of sp³-hybridized carbons (Fsp3) is 0.0800. The third kappa shape index (κ3) is 3.44. The molecule has 3 aromatic rings. The normalized spacial score (nSPS) is 12.7. The Balaban J connectivity index is 1.81. The minimum Gasteiger partial charge on any atom is -0.322 e. The summed E-state index contributed by atoms with van der Waals surface area (Å²) in [5.74, 6) is -0.170. The van der Waals surface area contributed by atoms with E-state index in [1.165, 1.54) is 6.08 Å². The lowest BCUT2D eigenvalue weighted by molar-refractivity contribution is -0.111. The van der Waals surface area contributed by atoms with Gasteiger partial charge in [-0.15, -0.1) is 5.73 Å². The number of amides is 1. The van der Waals surface area contributed by atoms with E-state index in [0.29, 0.717) is 0 Å². The molecule has 136 valence electrons. The summed E-state index contributed by atoms with van der Waals surface area (Å²) in [6.45, 7) is 5.94. The van der Waals surface area contributed by atoms with Gasteiger partial charge >= 0.3 is 0 Å². The van der Waals surface area contributed by atoms with Crippen LogP contribution in [0.15, 0.2) is 79.2 Å². The van der Waals surface area contributed by atoms with Gasteiger partial charge in [0.2, 0.25) is 0 Å². The highest BCUT2D eigenvalue weighted by Gasteiger charge is 2.13. The summed E-state index contributed by atoms with van der Waals surface area (Å²) in [6.07, 6.45) is 7.69. The first kappa shape index (κ1) is 17.7. The Kier molecular flexibility index (Phi) is 4.76. The van der Waals surface area contributed by atoms with Gasteiger partial charge in [0.25, 0.3) is 5.91 Å². The van der Waals surface area contributed by atoms with Gasteiger partial charge in [0.15, 0.2) is 0 Å². The van der Waals surface area contributed by atoms with Crippen molar-refractivity contribution < 1.29 is 4.79 Å². The van der Waals surface area contributed by atoms with E-state index < -0.39 is 0 Å². The van der Waals surface area contributed by atoms with Crippen molar-refractivity contribution in [1.82, 2.24) is 4.98 Å². The highest BCUT2D eigenvalue weighted by atomic mass is 16.1. The standard InChI is InChI=1S/C25H20N2O/c1-3-18-10-13-21(15-17(18)2)25-22(8-6-14-26-25)20-12-11-19-7-4-5-9-24(28)27-23(19)16-20/h3-4,6,8-16H,1,7H2,2H3,(H,27,28). The van der Waals surface area contributed by atoms with E-state index in [9.17, 15) is 4.79 Å². The number of carbonyl (C=O) groups excluding carboxylic acids is 1. The Hall–Kier alpha value is -3.68. The summed E-state index contributed by atoms with van der Waals surface area (Å²) < 4.78 is 0. The number of nitrogens with zero attached hydrogens (tertiary/aromatic N) is 1. The largest absolute Gasteiger partial charge is 0.322 e. The van der Waals surface area contributed by atoms with Crippen LogP contribution in [0.2, 0.25) is 0 Å². The lowest BCUT2D eigenvalue weighted by atomic mass is 9.95. The molecule has 0 saturated carbocycles. The zero-order valence-electron chi connectivity index (χ0n) is 15.7. The summed E-state index contributed by atoms with van der Waals surface area (Å²) in [4.78, 5) is 16.6. The van der Waals surface area contributed by atoms with Crippen LogP contribution in [-0.2, 0) is 11.2 Å². The predicted octanol–water partition coefficient (Wildman–Crippen LogP) is 5.57. The van der Waals surface area contributed by atoms with Gasteiger partial charge in [0, 0.05) is 29.1 Å². The summed E-state index contributed by atoms with van der Waals surface area (Å²) in [7, 11) is 0. The Morgan fingerprint density at radius 3 is 2.82 bits per heavy atom. The number of nitrogens with one attached hydrogen (secondary N) is 1. The molecule has 0 aliphatic carbocycles. The highest BCUT2D eigenvalue weighted by Crippen LogP contribution is 2.34. The van der Waals surface area contributed by atoms with E-state index in [0.717, 1.165) is 51.2 Å². The predicted molar refractivity (Wildman–Crippen MR) is 115 cm³/mol. The van der Waals surface area contributed by atoms with Crippen molar-refractivity contribution >= 4 is 17.7 Å². The zero-order valence-corrected chi connectivity index (χ0v) is 15.7. The number of benzene rings is 2. The Morgan fingerprint density at radius 1 is 1.14 bits per heavy atom. The quantitative estimate of drug-likeness (QED) is 0.617. The first-order valence-electron chi connectivity index (χ1n) is 9.19. The van der Waals surface area contributed by atoms with Crippen LogP contribution in [-0.4, -0.2) is 10.9 Å². The van der Waals surface area contributed by atoms with Gasteiger partial charge < -0.3 is 5.32 Å². The van der Waals surface area contributed by atoms with E-state index in [1.807, 2.05) is 24.3 Å². The second kappa shape index (κ2) is 7.51. The van der Waals surface area contributed by atoms with Gasteiger partial charge in [-0.2, -0.15) is 0 Å². The van der Waals surface area contributed by atoms with Gasteiger partial charge in [-0.1, -0.05) is 43.0 Å². The SMILES string of the molecule is C=Cc1ccc(-c2ncccc2-c2ccc3c(c2)NC(=O)C=C=CC3)cc1C. The van der Waals surface area contributed by atoms with Crippen molar-refractivity contribution in [2.45, 2.75) is 13.3 Å². The second-order valence-electron chi connectivity index (χ2n) is 6.76. The summed E-state index contributed by atoms with van der Waals surface area (Å²) >= 11 is 0. The van der Waals surface area contributed by atoms with Crippen molar-refractivity contribution in [2.24, 2.45) is 0 Å². The molecule has 0 radical (unpaired) electrons. The first-order chi connectivity index (χ1) is 13.7. The van der Waals surface area contributed by atoms with Crippen LogP contribution in [0.4, 0.5) is 5.69 Å². The molecular formula is C25H20N2O. The number of aryl methyl sites for hydroxylation is 1. The van der Waals surface area contributed by atoms with E-state index in [4.69, 9.17) is 0 Å². The van der Waals surface area contributed by atoms with Gasteiger partial charge in [-0.05, 0) is 59.9 Å². The molecule has 2 heterocycles. The molecule has 3 nitrogen and oxygen atoms in total. The minimum atomic E-state index is -0.170. The first-order valence-corrected chi connectivity index (χ1v) is 9.19. The molecular weight excluding hydrogens is 344 g/mol. The van der Waals surface area contributed by atoms with Crippen molar-refractivity contribution in [1.29, 1.82) is 0 Å². The molecule has 3 heteroatoms. The van der Waals surface area contributed by atoms with Crippen LogP contribution < -0.4 is 5.32 Å². The smallest absolute Gasteiger partial charge is 0.256 e. The molecule has 0 bridgehead atoms. The maximum atomic E-state index is 12.0. The maximum absolute atomic E-state index is 12.0. The monoisotopic (exact) mass is 364 g/mol. The average Bonchev–Trinajstić information content (AvgIpc) is 2.70. The van der Waals surface area contributed by atoms with Crippen molar-refractivity contribution in [2.75, 3.05) is 5.32 Å². The van der Waals surface area contributed by atoms with Crippen LogP contribution in [0.3, 0.4) is 0 Å². The minimum absolute atomic E-state index is 0.170. The summed E-state index contributed by atoms with van der Waals surface area (Å²) in [5.41, 5.74) is 11.1. The molecule has 0 spiro atoms. The summed E-state index contributed by atoms with van der Waals surface area (Å²) in [6, 6.07) is 16.4. The van der Waals surface area contributed by atoms with Gasteiger partial charge in [0.1, 0.15) is 0 Å². The molecule has 0 unspecified atom stereocenters. The van der Waals surface area contributed by atoms with Gasteiger partial charge in [-0.25, -0.2) is 0 Å². The Morgan fingerprint density at radius 2 is 2.00 bits per heavy atom. The third-order valence-corrected chi connectivity index (χ3v) is 4.90. The molecule has 4 rings (SSSR count). The van der Waals surface area contributed by atoms with Gasteiger partial charge in [-0.3, -0.25) is 9.78 Å². The van der Waals surface area contributed by atoms with Crippen LogP contribution in [0.25, 0.3) is 28.5 Å². The van der Waals surface area contributed by atoms with Crippen LogP contribution in [0.5, 0.6) is 0 Å². The molecule has 0 saturated heterocycles. The molecule has 1 aliphatic rings. The van der Waals surface area contributed by atoms with Crippen molar-refractivity contribution in [3.8, 4) is 22.4 Å². The van der Waals surface area contributed by atoms with E-state index in [2.05, 4.69) is 65.9 Å². The lowest BCUT2D eigenvalue weighted by Gasteiger charge is -2.15. The Bertz CT molecular complexity index is 1150. The van der Waals surface area contributed by atoms with E-state index in [-0.39, 0.29) is 5.91 Å². The molecule has 0 fully saturated rings. The molecule has 1 aliphatic heterocycles. The number of hydrogen-bond donors (Lipinski definition) is 1. The fourth-order valence-corrected chi connectivity index (χ4v) is 3.43. The highest BCUT2D eigenvalue weighted by molar-refractivity contribution is 6.00. The number of aromatic nitrogens is 1. The average molecular weight is 364 g/mol. The number of anilines is 1. The molecule has 1 N–H and O–H groups in total. The number of carbonyl (C=O) groups is 1. The van der Waals surface area contributed by atoms with Crippen molar-refractivity contribution in [3.05, 3.63) is 95.9 Å². The van der Waals surface area contributed by atoms with Crippen molar-refractivity contribution in [3.63, 3.8) is 0 Å². The number of rotatable bonds is 3. The fourth-order valence-electron chi connectivity index (χ4n) is 3.43. The summed E-state index contributed by atoms with van der Waals surface area (Å²) in [5, 5.41) is 2.95. The second-order valence-corrected chi connectivity index (χ2v) is 6.76. The molecule has 0 atom stereocenters. The third-order valence-electron chi connectivity index (χ3n) is 4.90. The van der Waals surface area contributed by atoms with E-state index in [1.54, 1.807) is 6.20 Å². The Labute approximate surface area is 164 Å². The molecule has 1 amide bonds. The number of hydrogen-bond acceptors (Lipinski definition) is 2. The van der Waals surface area contributed by atoms with Gasteiger partial charge in [0.05, 0.1) is 5.69 Å². The van der Waals surface area contributed by atoms with Crippen LogP contribution >= 0.6 is 0 Å². The maximum Gasteiger partial charge on any atom is 0.256 e. The molecule has 2 aromatic carbocycles. The topological polar surface area (TPSA) is 42.0 Å². The molecule has 28 heavy (non-hydrogen) atoms. The lowest BCUT2D eigenvalue weighted by Crippen LogP contribution is -2.10.